The van der Waals surface area contributed by atoms with Gasteiger partial charge in [0.2, 0.25) is 5.76 Å². The number of imide groups is 1. The molecule has 1 spiro atoms. The summed E-state index contributed by atoms with van der Waals surface area (Å²) in [6.07, 6.45) is 3.15. The molecule has 1 aliphatic carbocycles. The molecule has 1 N–H and O–H groups in total. The third-order valence-corrected chi connectivity index (χ3v) is 5.18. The Kier molecular flexibility index (Phi) is 3.94. The molecule has 1 aromatic heterocycles. The molecule has 2 heterocycles. The minimum absolute atomic E-state index is 0.0163. The number of carbonyl (C=O) groups is 3. The van der Waals surface area contributed by atoms with Gasteiger partial charge in [-0.1, -0.05) is 31.0 Å². The highest BCUT2D eigenvalue weighted by molar-refractivity contribution is 6.07. The largest absolute Gasteiger partial charge is 0.460 e. The van der Waals surface area contributed by atoms with Crippen LogP contribution in [-0.4, -0.2) is 35.0 Å². The van der Waals surface area contributed by atoms with Gasteiger partial charge in [-0.15, -0.1) is 0 Å². The zero-order chi connectivity index (χ0) is 18.3. The van der Waals surface area contributed by atoms with E-state index in [4.69, 9.17) is 9.15 Å². The van der Waals surface area contributed by atoms with Crippen LogP contribution >= 0.6 is 0 Å². The predicted octanol–water partition coefficient (Wildman–Crippen LogP) is 2.97. The lowest BCUT2D eigenvalue weighted by atomic mass is 9.98. The normalized spacial score (nSPS) is 18.7. The summed E-state index contributed by atoms with van der Waals surface area (Å²) in [7, 11) is 0. The summed E-state index contributed by atoms with van der Waals surface area (Å²) in [4.78, 5) is 38.9. The summed E-state index contributed by atoms with van der Waals surface area (Å²) >= 11 is 0. The number of nitrogens with zero attached hydrogens (tertiary/aromatic N) is 1. The topological polar surface area (TPSA) is 88.8 Å². The van der Waals surface area contributed by atoms with E-state index in [9.17, 15) is 14.4 Å². The molecule has 0 bridgehead atoms. The Morgan fingerprint density at radius 2 is 2.00 bits per heavy atom. The minimum atomic E-state index is -0.777. The van der Waals surface area contributed by atoms with E-state index in [1.807, 2.05) is 6.07 Å². The van der Waals surface area contributed by atoms with Gasteiger partial charge in [-0.05, 0) is 25.8 Å². The third-order valence-electron chi connectivity index (χ3n) is 5.18. The summed E-state index contributed by atoms with van der Waals surface area (Å²) in [6.45, 7) is 1.90. The van der Waals surface area contributed by atoms with Crippen molar-refractivity contribution in [1.29, 1.82) is 0 Å². The molecular weight excluding hydrogens is 336 g/mol. The molecule has 7 heteroatoms. The second kappa shape index (κ2) is 6.16. The lowest BCUT2D eigenvalue weighted by Crippen LogP contribution is -2.44. The number of esters is 1. The second-order valence-electron chi connectivity index (χ2n) is 6.74. The first kappa shape index (κ1) is 16.6. The van der Waals surface area contributed by atoms with Crippen molar-refractivity contribution < 1.29 is 23.5 Å². The fourth-order valence-electron chi connectivity index (χ4n) is 3.91. The maximum Gasteiger partial charge on any atom is 0.374 e. The van der Waals surface area contributed by atoms with Crippen LogP contribution in [0.4, 0.5) is 4.79 Å². The Balaban J connectivity index is 1.72. The number of para-hydroxylation sites is 1. The van der Waals surface area contributed by atoms with Gasteiger partial charge in [-0.2, -0.15) is 0 Å². The van der Waals surface area contributed by atoms with Crippen molar-refractivity contribution in [3.8, 4) is 0 Å². The number of urea groups is 1. The molecule has 1 saturated carbocycles. The van der Waals surface area contributed by atoms with Gasteiger partial charge in [0, 0.05) is 10.9 Å². The predicted molar refractivity (Wildman–Crippen MR) is 92.5 cm³/mol. The first-order valence-corrected chi connectivity index (χ1v) is 8.87. The first-order chi connectivity index (χ1) is 12.6. The second-order valence-corrected chi connectivity index (χ2v) is 6.74. The molecule has 1 aliphatic heterocycles. The number of nitrogens with one attached hydrogen (secondary N) is 1. The van der Waals surface area contributed by atoms with Crippen molar-refractivity contribution in [2.45, 2.75) is 44.7 Å². The van der Waals surface area contributed by atoms with Crippen LogP contribution < -0.4 is 5.32 Å². The van der Waals surface area contributed by atoms with Crippen LogP contribution in [0.1, 0.15) is 48.7 Å². The molecule has 1 aromatic carbocycles. The Labute approximate surface area is 150 Å². The Hall–Kier alpha value is -2.83. The number of amides is 3. The molecule has 136 valence electrons. The highest BCUT2D eigenvalue weighted by atomic mass is 16.5. The number of ether oxygens (including phenoxy) is 1. The van der Waals surface area contributed by atoms with Gasteiger partial charge < -0.3 is 14.5 Å². The Morgan fingerprint density at radius 3 is 2.73 bits per heavy atom. The van der Waals surface area contributed by atoms with Gasteiger partial charge >= 0.3 is 12.0 Å². The standard InChI is InChI=1S/C19H20N2O5/c1-2-25-16(22)15-13(12-7-3-4-8-14(12)26-15)11-21-17(23)19(20-18(21)24)9-5-6-10-19/h3-4,7-8H,2,5-6,9-11H2,1H3,(H,20,24). The Morgan fingerprint density at radius 1 is 1.27 bits per heavy atom. The van der Waals surface area contributed by atoms with Gasteiger partial charge in [0.15, 0.2) is 0 Å². The van der Waals surface area contributed by atoms with Gasteiger partial charge in [0.1, 0.15) is 11.1 Å². The molecule has 0 atom stereocenters. The van der Waals surface area contributed by atoms with Crippen LogP contribution in [-0.2, 0) is 16.1 Å². The van der Waals surface area contributed by atoms with Crippen molar-refractivity contribution in [2.75, 3.05) is 6.61 Å². The van der Waals surface area contributed by atoms with Crippen LogP contribution in [0.2, 0.25) is 0 Å². The molecule has 7 nitrogen and oxygen atoms in total. The van der Waals surface area contributed by atoms with Gasteiger partial charge in [0.05, 0.1) is 13.2 Å². The number of furan rings is 1. The summed E-state index contributed by atoms with van der Waals surface area (Å²) in [6, 6.07) is 6.75. The molecule has 1 saturated heterocycles. The number of rotatable bonds is 4. The summed E-state index contributed by atoms with van der Waals surface area (Å²) in [5.74, 6) is -0.776. The molecule has 3 amide bonds. The van der Waals surface area contributed by atoms with Crippen molar-refractivity contribution in [1.82, 2.24) is 10.2 Å². The average molecular weight is 356 g/mol. The van der Waals surface area contributed by atoms with Crippen LogP contribution in [0.3, 0.4) is 0 Å². The SMILES string of the molecule is CCOC(=O)c1oc2ccccc2c1CN1C(=O)NC2(CCCC2)C1=O. The smallest absolute Gasteiger partial charge is 0.374 e. The third kappa shape index (κ3) is 2.46. The fourth-order valence-corrected chi connectivity index (χ4v) is 3.91. The average Bonchev–Trinajstić information content (AvgIpc) is 3.30. The van der Waals surface area contributed by atoms with Crippen LogP contribution in [0, 0.1) is 0 Å². The lowest BCUT2D eigenvalue weighted by Gasteiger charge is -2.20. The van der Waals surface area contributed by atoms with E-state index < -0.39 is 17.5 Å². The molecule has 2 aliphatic rings. The molecule has 2 aromatic rings. The van der Waals surface area contributed by atoms with Crippen molar-refractivity contribution >= 4 is 28.9 Å². The molecule has 0 radical (unpaired) electrons. The quantitative estimate of drug-likeness (QED) is 0.672. The zero-order valence-corrected chi connectivity index (χ0v) is 14.5. The molecule has 4 rings (SSSR count). The lowest BCUT2D eigenvalue weighted by molar-refractivity contribution is -0.131. The number of hydrogen-bond donors (Lipinski definition) is 1. The summed E-state index contributed by atoms with van der Waals surface area (Å²) in [5, 5.41) is 3.55. The molecule has 26 heavy (non-hydrogen) atoms. The summed E-state index contributed by atoms with van der Waals surface area (Å²) in [5.41, 5.74) is 0.242. The van der Waals surface area contributed by atoms with Gasteiger partial charge in [-0.25, -0.2) is 9.59 Å². The van der Waals surface area contributed by atoms with Gasteiger partial charge in [0.25, 0.3) is 5.91 Å². The number of fused-ring (bicyclic) bond motifs is 1. The number of carbonyl (C=O) groups excluding carboxylic acids is 3. The van der Waals surface area contributed by atoms with E-state index >= 15 is 0 Å². The summed E-state index contributed by atoms with van der Waals surface area (Å²) < 4.78 is 10.7. The maximum absolute atomic E-state index is 12.9. The van der Waals surface area contributed by atoms with Crippen LogP contribution in [0.5, 0.6) is 0 Å². The molecular formula is C19H20N2O5. The zero-order valence-electron chi connectivity index (χ0n) is 14.5. The fraction of sp³-hybridized carbons (Fsp3) is 0.421. The minimum Gasteiger partial charge on any atom is -0.460 e. The molecule has 2 fully saturated rings. The van der Waals surface area contributed by atoms with Crippen molar-refractivity contribution in [3.05, 3.63) is 35.6 Å². The van der Waals surface area contributed by atoms with E-state index in [0.717, 1.165) is 12.8 Å². The van der Waals surface area contributed by atoms with Gasteiger partial charge in [-0.3, -0.25) is 9.69 Å². The van der Waals surface area contributed by atoms with E-state index in [2.05, 4.69) is 5.32 Å². The highest BCUT2D eigenvalue weighted by Gasteiger charge is 2.52. The highest BCUT2D eigenvalue weighted by Crippen LogP contribution is 2.37. The van der Waals surface area contributed by atoms with Crippen molar-refractivity contribution in [2.24, 2.45) is 0 Å². The van der Waals surface area contributed by atoms with E-state index in [1.54, 1.807) is 25.1 Å². The van der Waals surface area contributed by atoms with E-state index in [-0.39, 0.29) is 24.8 Å². The van der Waals surface area contributed by atoms with Crippen LogP contribution in [0.15, 0.2) is 28.7 Å². The maximum atomic E-state index is 12.9. The monoisotopic (exact) mass is 356 g/mol. The Bertz CT molecular complexity index is 894. The number of benzene rings is 1. The number of hydrogen-bond acceptors (Lipinski definition) is 5. The van der Waals surface area contributed by atoms with Crippen molar-refractivity contribution in [3.63, 3.8) is 0 Å². The molecule has 0 unspecified atom stereocenters. The first-order valence-electron chi connectivity index (χ1n) is 8.87. The van der Waals surface area contributed by atoms with E-state index in [1.165, 1.54) is 4.90 Å². The van der Waals surface area contributed by atoms with E-state index in [0.29, 0.717) is 29.4 Å². The van der Waals surface area contributed by atoms with Crippen LogP contribution in [0.25, 0.3) is 11.0 Å².